The van der Waals surface area contributed by atoms with Crippen molar-refractivity contribution in [2.45, 2.75) is 25.5 Å². The molecule has 3 aromatic heterocycles. The van der Waals surface area contributed by atoms with E-state index in [-0.39, 0.29) is 11.8 Å². The highest BCUT2D eigenvalue weighted by Crippen LogP contribution is 2.31. The summed E-state index contributed by atoms with van der Waals surface area (Å²) in [4.78, 5) is 18.3. The van der Waals surface area contributed by atoms with Crippen molar-refractivity contribution in [2.24, 2.45) is 0 Å². The zero-order chi connectivity index (χ0) is 23.7. The van der Waals surface area contributed by atoms with Crippen LogP contribution in [0, 0.1) is 11.6 Å². The molecule has 1 aliphatic heterocycles. The molecular weight excluding hydrogens is 458 g/mol. The van der Waals surface area contributed by atoms with Crippen molar-refractivity contribution < 1.29 is 13.9 Å². The van der Waals surface area contributed by atoms with Crippen molar-refractivity contribution in [3.05, 3.63) is 65.9 Å². The van der Waals surface area contributed by atoms with Crippen LogP contribution < -0.4 is 10.2 Å². The van der Waals surface area contributed by atoms with Gasteiger partial charge in [0.2, 0.25) is 0 Å². The molecule has 0 aliphatic carbocycles. The number of pyridine rings is 2. The lowest BCUT2D eigenvalue weighted by molar-refractivity contribution is 0.0792. The molecular formula is C24H24F2N6OS. The fraction of sp³-hybridized carbons (Fsp3) is 0.292. The van der Waals surface area contributed by atoms with E-state index in [0.29, 0.717) is 27.1 Å². The summed E-state index contributed by atoms with van der Waals surface area (Å²) in [6.07, 6.45) is 3.30. The third-order valence-corrected chi connectivity index (χ3v) is 6.76. The maximum Gasteiger partial charge on any atom is 0.190 e. The molecule has 4 heterocycles. The number of aliphatic hydroxyl groups excluding tert-OH is 1. The molecule has 4 aromatic rings. The highest BCUT2D eigenvalue weighted by atomic mass is 32.1. The summed E-state index contributed by atoms with van der Waals surface area (Å²) in [6, 6.07) is 11.0. The van der Waals surface area contributed by atoms with E-state index in [0.717, 1.165) is 44.1 Å². The Balaban J connectivity index is 1.27. The second-order valence-corrected chi connectivity index (χ2v) is 9.33. The van der Waals surface area contributed by atoms with Gasteiger partial charge in [-0.1, -0.05) is 17.4 Å². The third kappa shape index (κ3) is 4.98. The number of halogens is 2. The Hall–Kier alpha value is -3.21. The minimum absolute atomic E-state index is 0.176. The molecule has 1 aliphatic rings. The highest BCUT2D eigenvalue weighted by molar-refractivity contribution is 7.21. The average molecular weight is 483 g/mol. The van der Waals surface area contributed by atoms with E-state index in [9.17, 15) is 13.9 Å². The van der Waals surface area contributed by atoms with Gasteiger partial charge >= 0.3 is 0 Å². The maximum absolute atomic E-state index is 14.2. The fourth-order valence-electron chi connectivity index (χ4n) is 3.96. The molecule has 1 saturated heterocycles. The van der Waals surface area contributed by atoms with Crippen LogP contribution in [0.4, 0.5) is 31.2 Å². The Morgan fingerprint density at radius 1 is 1.12 bits per heavy atom. The second-order valence-electron chi connectivity index (χ2n) is 8.35. The number of piperidine rings is 1. The third-order valence-electron chi connectivity index (χ3n) is 5.88. The number of thiazole rings is 1. The van der Waals surface area contributed by atoms with E-state index in [1.54, 1.807) is 18.0 Å². The van der Waals surface area contributed by atoms with Gasteiger partial charge in [0.05, 0.1) is 11.8 Å². The number of likely N-dealkylation sites (tertiary alicyclic amines) is 1. The van der Waals surface area contributed by atoms with Gasteiger partial charge in [-0.3, -0.25) is 4.90 Å². The quantitative estimate of drug-likeness (QED) is 0.408. The van der Waals surface area contributed by atoms with Crippen LogP contribution in [0.2, 0.25) is 0 Å². The molecule has 10 heteroatoms. The van der Waals surface area contributed by atoms with Gasteiger partial charge in [-0.15, -0.1) is 0 Å². The molecule has 5 rings (SSSR count). The Bertz CT molecular complexity index is 1290. The first kappa shape index (κ1) is 22.6. The molecule has 176 valence electrons. The zero-order valence-electron chi connectivity index (χ0n) is 18.6. The van der Waals surface area contributed by atoms with Crippen LogP contribution in [0.5, 0.6) is 0 Å². The van der Waals surface area contributed by atoms with E-state index in [2.05, 4.69) is 25.2 Å². The second kappa shape index (κ2) is 9.57. The smallest absolute Gasteiger partial charge is 0.190 e. The van der Waals surface area contributed by atoms with Gasteiger partial charge in [0.1, 0.15) is 33.6 Å². The van der Waals surface area contributed by atoms with E-state index in [4.69, 9.17) is 0 Å². The molecule has 0 unspecified atom stereocenters. The van der Waals surface area contributed by atoms with Gasteiger partial charge < -0.3 is 15.3 Å². The summed E-state index contributed by atoms with van der Waals surface area (Å²) in [5, 5.41) is 13.5. The average Bonchev–Trinajstić information content (AvgIpc) is 3.23. The van der Waals surface area contributed by atoms with E-state index >= 15 is 0 Å². The summed E-state index contributed by atoms with van der Waals surface area (Å²) in [5.41, 5.74) is 2.07. The number of nitrogens with zero attached hydrogens (tertiary/aromatic N) is 5. The Kier molecular flexibility index (Phi) is 6.36. The van der Waals surface area contributed by atoms with Crippen LogP contribution >= 0.6 is 11.3 Å². The van der Waals surface area contributed by atoms with Gasteiger partial charge in [-0.25, -0.2) is 23.7 Å². The standard InChI is InChI=1S/C24H24F2N6OS/c1-31(20-5-3-16(25)12-18(20)26)22-7-4-19-23(30-22)34-24(28-19)29-21-6-2-15(13-27-21)14-32-10-8-17(33)9-11-32/h2-7,12-13,17,33H,8-11,14H2,1H3,(H,27,28,29). The lowest BCUT2D eigenvalue weighted by Gasteiger charge is -2.29. The molecule has 1 aromatic carbocycles. The van der Waals surface area contributed by atoms with Gasteiger partial charge in [-0.05, 0) is 48.7 Å². The molecule has 0 spiro atoms. The molecule has 34 heavy (non-hydrogen) atoms. The molecule has 2 N–H and O–H groups in total. The summed E-state index contributed by atoms with van der Waals surface area (Å²) in [5.74, 6) is -0.0591. The Labute approximate surface area is 199 Å². The van der Waals surface area contributed by atoms with Crippen LogP contribution in [0.25, 0.3) is 10.3 Å². The molecule has 0 radical (unpaired) electrons. The number of anilines is 4. The van der Waals surface area contributed by atoms with Crippen LogP contribution in [0.3, 0.4) is 0 Å². The number of aliphatic hydroxyl groups is 1. The molecule has 0 atom stereocenters. The zero-order valence-corrected chi connectivity index (χ0v) is 19.4. The summed E-state index contributed by atoms with van der Waals surface area (Å²) in [6.45, 7) is 2.60. The minimum atomic E-state index is -0.650. The number of nitrogens with one attached hydrogen (secondary N) is 1. The van der Waals surface area contributed by atoms with Crippen LogP contribution in [-0.4, -0.2) is 51.2 Å². The van der Waals surface area contributed by atoms with Crippen molar-refractivity contribution in [2.75, 3.05) is 30.4 Å². The predicted molar refractivity (Wildman–Crippen MR) is 130 cm³/mol. The van der Waals surface area contributed by atoms with Crippen molar-refractivity contribution in [3.8, 4) is 0 Å². The first-order valence-corrected chi connectivity index (χ1v) is 11.8. The highest BCUT2D eigenvalue weighted by Gasteiger charge is 2.17. The number of aromatic nitrogens is 3. The minimum Gasteiger partial charge on any atom is -0.393 e. The van der Waals surface area contributed by atoms with Gasteiger partial charge in [0.15, 0.2) is 5.13 Å². The molecule has 0 saturated carbocycles. The van der Waals surface area contributed by atoms with Crippen molar-refractivity contribution in [1.82, 2.24) is 19.9 Å². The normalized spacial score (nSPS) is 15.1. The number of fused-ring (bicyclic) bond motifs is 1. The lowest BCUT2D eigenvalue weighted by Crippen LogP contribution is -2.35. The van der Waals surface area contributed by atoms with E-state index in [1.165, 1.54) is 23.5 Å². The van der Waals surface area contributed by atoms with Crippen LogP contribution in [-0.2, 0) is 6.54 Å². The predicted octanol–water partition coefficient (Wildman–Crippen LogP) is 4.83. The SMILES string of the molecule is CN(c1ccc2nc(Nc3ccc(CN4CCC(O)CC4)cn3)sc2n1)c1ccc(F)cc1F. The monoisotopic (exact) mass is 482 g/mol. The first-order chi connectivity index (χ1) is 16.4. The maximum atomic E-state index is 14.2. The number of hydrogen-bond donors (Lipinski definition) is 2. The van der Waals surface area contributed by atoms with Crippen LogP contribution in [0.15, 0.2) is 48.7 Å². The molecule has 1 fully saturated rings. The van der Waals surface area contributed by atoms with E-state index < -0.39 is 11.6 Å². The molecule has 0 amide bonds. The van der Waals surface area contributed by atoms with E-state index in [1.807, 2.05) is 24.4 Å². The Morgan fingerprint density at radius 3 is 2.68 bits per heavy atom. The van der Waals surface area contributed by atoms with Gasteiger partial charge in [0.25, 0.3) is 0 Å². The summed E-state index contributed by atoms with van der Waals surface area (Å²) < 4.78 is 27.4. The number of hydrogen-bond acceptors (Lipinski definition) is 8. The fourth-order valence-corrected chi connectivity index (χ4v) is 4.80. The largest absolute Gasteiger partial charge is 0.393 e. The molecule has 0 bridgehead atoms. The molecule has 7 nitrogen and oxygen atoms in total. The Morgan fingerprint density at radius 2 is 1.94 bits per heavy atom. The topological polar surface area (TPSA) is 77.4 Å². The first-order valence-electron chi connectivity index (χ1n) is 11.0. The number of benzene rings is 1. The number of rotatable bonds is 6. The van der Waals surface area contributed by atoms with Crippen molar-refractivity contribution in [3.63, 3.8) is 0 Å². The van der Waals surface area contributed by atoms with Gasteiger partial charge in [-0.2, -0.15) is 0 Å². The summed E-state index contributed by atoms with van der Waals surface area (Å²) >= 11 is 1.37. The van der Waals surface area contributed by atoms with Crippen molar-refractivity contribution >= 4 is 44.1 Å². The van der Waals surface area contributed by atoms with Crippen molar-refractivity contribution in [1.29, 1.82) is 0 Å². The lowest BCUT2D eigenvalue weighted by atomic mass is 10.1. The summed E-state index contributed by atoms with van der Waals surface area (Å²) in [7, 11) is 1.68. The van der Waals surface area contributed by atoms with Gasteiger partial charge in [0, 0.05) is 38.9 Å². The van der Waals surface area contributed by atoms with Crippen LogP contribution in [0.1, 0.15) is 18.4 Å².